The van der Waals surface area contributed by atoms with Crippen LogP contribution in [0.2, 0.25) is 0 Å². The number of fused-ring (bicyclic) bond motifs is 1. The zero-order valence-electron chi connectivity index (χ0n) is 18.5. The van der Waals surface area contributed by atoms with Crippen LogP contribution in [0.25, 0.3) is 16.2 Å². The van der Waals surface area contributed by atoms with Crippen molar-refractivity contribution in [2.75, 3.05) is 18.0 Å². The van der Waals surface area contributed by atoms with Crippen LogP contribution in [0.5, 0.6) is 0 Å². The Morgan fingerprint density at radius 1 is 1.26 bits per heavy atom. The molecule has 9 nitrogen and oxygen atoms in total. The third kappa shape index (κ3) is 4.15. The van der Waals surface area contributed by atoms with Crippen molar-refractivity contribution in [3.8, 4) is 16.8 Å². The molecule has 180 valence electrons. The van der Waals surface area contributed by atoms with Crippen molar-refractivity contribution in [3.63, 3.8) is 0 Å². The number of pyridine rings is 1. The summed E-state index contributed by atoms with van der Waals surface area (Å²) in [5.74, 6) is 0. The Bertz CT molecular complexity index is 1380. The maximum absolute atomic E-state index is 13.3. The van der Waals surface area contributed by atoms with Crippen LogP contribution in [0.1, 0.15) is 38.1 Å². The molecule has 2 aliphatic rings. The van der Waals surface area contributed by atoms with Gasteiger partial charge in [0.05, 0.1) is 23.0 Å². The molecular weight excluding hydrogens is 484 g/mol. The van der Waals surface area contributed by atoms with Crippen molar-refractivity contribution in [3.05, 3.63) is 29.4 Å². The lowest BCUT2D eigenvalue weighted by Crippen LogP contribution is -2.54. The second kappa shape index (κ2) is 8.23. The van der Waals surface area contributed by atoms with Crippen LogP contribution < -0.4 is 14.9 Å². The second-order valence-corrected chi connectivity index (χ2v) is 11.6. The zero-order valence-corrected chi connectivity index (χ0v) is 20.1. The number of nitriles is 1. The van der Waals surface area contributed by atoms with Crippen molar-refractivity contribution in [2.45, 2.75) is 55.6 Å². The predicted octanol–water partition coefficient (Wildman–Crippen LogP) is 2.92. The summed E-state index contributed by atoms with van der Waals surface area (Å²) in [6, 6.07) is 7.58. The first-order valence-electron chi connectivity index (χ1n) is 10.8. The van der Waals surface area contributed by atoms with Gasteiger partial charge in [0, 0.05) is 31.4 Å². The maximum atomic E-state index is 13.3. The van der Waals surface area contributed by atoms with Crippen molar-refractivity contribution >= 4 is 32.6 Å². The van der Waals surface area contributed by atoms with Crippen LogP contribution in [-0.2, 0) is 10.0 Å². The van der Waals surface area contributed by atoms with Crippen molar-refractivity contribution in [1.82, 2.24) is 24.6 Å². The molecule has 34 heavy (non-hydrogen) atoms. The summed E-state index contributed by atoms with van der Waals surface area (Å²) < 4.78 is 57.0. The number of sulfonamides is 1. The number of anilines is 1. The fourth-order valence-corrected chi connectivity index (χ4v) is 6.49. The van der Waals surface area contributed by atoms with E-state index in [1.54, 1.807) is 16.5 Å². The van der Waals surface area contributed by atoms with Crippen LogP contribution >= 0.6 is 11.3 Å². The summed E-state index contributed by atoms with van der Waals surface area (Å²) in [5, 5.41) is 20.2. The number of nitrogens with zero attached hydrogens (tertiary/aromatic N) is 5. The first-order chi connectivity index (χ1) is 16.1. The highest BCUT2D eigenvalue weighted by atomic mass is 32.2. The van der Waals surface area contributed by atoms with E-state index < -0.39 is 27.0 Å². The van der Waals surface area contributed by atoms with Crippen LogP contribution in [0.4, 0.5) is 14.5 Å². The first kappa shape index (κ1) is 23.1. The summed E-state index contributed by atoms with van der Waals surface area (Å²) in [5.41, 5.74) is 0.826. The van der Waals surface area contributed by atoms with E-state index in [-0.39, 0.29) is 22.0 Å². The third-order valence-corrected chi connectivity index (χ3v) is 8.52. The minimum Gasteiger partial charge on any atom is -0.367 e. The lowest BCUT2D eigenvalue weighted by Gasteiger charge is -2.38. The van der Waals surface area contributed by atoms with Gasteiger partial charge in [0.1, 0.15) is 10.4 Å². The Hall–Kier alpha value is -2.66. The Kier molecular flexibility index (Phi) is 5.59. The Morgan fingerprint density at radius 3 is 2.56 bits per heavy atom. The number of hydrogen-bond acceptors (Lipinski definition) is 8. The average Bonchev–Trinajstić information content (AvgIpc) is 3.18. The van der Waals surface area contributed by atoms with E-state index >= 15 is 0 Å². The molecule has 2 fully saturated rings. The van der Waals surface area contributed by atoms with Crippen LogP contribution in [0.3, 0.4) is 0 Å². The van der Waals surface area contributed by atoms with Gasteiger partial charge in [-0.05, 0) is 44.9 Å². The molecule has 1 saturated heterocycles. The number of alkyl halides is 2. The SMILES string of the molecule is C[C@H]1CN(c2cc(S(=O)(=O)NC3(C#N)CC3)cn3c(-c4nnc(C(F)F)s4)ccc23)C[C@H](C)N1. The van der Waals surface area contributed by atoms with E-state index in [1.807, 2.05) is 12.1 Å². The summed E-state index contributed by atoms with van der Waals surface area (Å²) in [4.78, 5) is 2.11. The van der Waals surface area contributed by atoms with Crippen molar-refractivity contribution < 1.29 is 17.2 Å². The maximum Gasteiger partial charge on any atom is 0.291 e. The molecule has 2 N–H and O–H groups in total. The third-order valence-electron chi connectivity index (χ3n) is 6.06. The molecule has 3 aromatic heterocycles. The highest BCUT2D eigenvalue weighted by molar-refractivity contribution is 7.89. The van der Waals surface area contributed by atoms with Gasteiger partial charge in [-0.1, -0.05) is 11.3 Å². The van der Waals surface area contributed by atoms with E-state index in [4.69, 9.17) is 0 Å². The van der Waals surface area contributed by atoms with Gasteiger partial charge in [0.15, 0.2) is 10.0 Å². The van der Waals surface area contributed by atoms with Crippen LogP contribution in [-0.4, -0.2) is 53.7 Å². The molecule has 3 aromatic rings. The molecule has 1 saturated carbocycles. The normalized spacial score (nSPS) is 22.3. The van der Waals surface area contributed by atoms with Gasteiger partial charge in [0.2, 0.25) is 10.0 Å². The molecular formula is C21H23F2N7O2S2. The van der Waals surface area contributed by atoms with E-state index in [9.17, 15) is 22.5 Å². The van der Waals surface area contributed by atoms with Gasteiger partial charge < -0.3 is 14.6 Å². The van der Waals surface area contributed by atoms with Gasteiger partial charge >= 0.3 is 0 Å². The fourth-order valence-electron chi connectivity index (χ4n) is 4.37. The molecule has 0 bridgehead atoms. The molecule has 1 aliphatic heterocycles. The van der Waals surface area contributed by atoms with Crippen LogP contribution in [0.15, 0.2) is 29.3 Å². The molecule has 0 radical (unpaired) electrons. The molecule has 4 heterocycles. The van der Waals surface area contributed by atoms with Gasteiger partial charge in [0.25, 0.3) is 6.43 Å². The summed E-state index contributed by atoms with van der Waals surface area (Å²) in [6.45, 7) is 5.44. The van der Waals surface area contributed by atoms with Crippen LogP contribution in [0, 0.1) is 11.3 Å². The molecule has 0 aromatic carbocycles. The first-order valence-corrected chi connectivity index (χ1v) is 13.1. The zero-order chi connectivity index (χ0) is 24.3. The minimum absolute atomic E-state index is 0.00795. The minimum atomic E-state index is -4.02. The largest absolute Gasteiger partial charge is 0.367 e. The van der Waals surface area contributed by atoms with Crippen molar-refractivity contribution in [2.24, 2.45) is 0 Å². The number of hydrogen-bond donors (Lipinski definition) is 2. The van der Waals surface area contributed by atoms with Gasteiger partial charge in [-0.25, -0.2) is 17.2 Å². The number of aromatic nitrogens is 3. The fraction of sp³-hybridized carbons (Fsp3) is 0.476. The number of nitrogens with one attached hydrogen (secondary N) is 2. The quantitative estimate of drug-likeness (QED) is 0.527. The monoisotopic (exact) mass is 507 g/mol. The summed E-state index contributed by atoms with van der Waals surface area (Å²) in [7, 11) is -4.02. The number of rotatable bonds is 6. The lowest BCUT2D eigenvalue weighted by molar-refractivity contribution is 0.150. The average molecular weight is 508 g/mol. The summed E-state index contributed by atoms with van der Waals surface area (Å²) >= 11 is 0.768. The number of halogens is 2. The number of piperazine rings is 1. The van der Waals surface area contributed by atoms with Crippen molar-refractivity contribution in [1.29, 1.82) is 5.26 Å². The van der Waals surface area contributed by atoms with E-state index in [0.29, 0.717) is 37.3 Å². The van der Waals surface area contributed by atoms with Gasteiger partial charge in [-0.15, -0.1) is 10.2 Å². The van der Waals surface area contributed by atoms with E-state index in [0.717, 1.165) is 16.9 Å². The van der Waals surface area contributed by atoms with Gasteiger partial charge in [-0.2, -0.15) is 9.98 Å². The Labute approximate surface area is 199 Å². The Morgan fingerprint density at radius 2 is 1.97 bits per heavy atom. The molecule has 1 aliphatic carbocycles. The second-order valence-electron chi connectivity index (χ2n) is 8.95. The van der Waals surface area contributed by atoms with Gasteiger partial charge in [-0.3, -0.25) is 0 Å². The molecule has 13 heteroatoms. The van der Waals surface area contributed by atoms with E-state index in [1.165, 1.54) is 6.20 Å². The van der Waals surface area contributed by atoms with E-state index in [2.05, 4.69) is 39.0 Å². The lowest BCUT2D eigenvalue weighted by atomic mass is 10.1. The molecule has 5 rings (SSSR count). The predicted molar refractivity (Wildman–Crippen MR) is 123 cm³/mol. The highest BCUT2D eigenvalue weighted by Gasteiger charge is 2.47. The molecule has 0 spiro atoms. The standard InChI is InChI=1S/C21H23F2N7O2S2/c1-12-8-29(9-13(2)25-12)17-7-14(34(31,32)28-21(11-24)5-6-21)10-30-15(17)3-4-16(30)19-26-27-20(33-19)18(22)23/h3-4,7,10,12-13,18,25,28H,5-6,8-9H2,1-2H3/t12-,13-/m0/s1. The smallest absolute Gasteiger partial charge is 0.291 e. The Balaban J connectivity index is 1.67. The molecule has 0 unspecified atom stereocenters. The molecule has 0 amide bonds. The summed E-state index contributed by atoms with van der Waals surface area (Å²) in [6.07, 6.45) is -0.373. The highest BCUT2D eigenvalue weighted by Crippen LogP contribution is 2.38. The topological polar surface area (TPSA) is 115 Å². The molecule has 2 atom stereocenters.